The Morgan fingerprint density at radius 1 is 1.04 bits per heavy atom. The van der Waals surface area contributed by atoms with Crippen molar-refractivity contribution in [2.45, 2.75) is 6.42 Å². The maximum atomic E-state index is 13.6. The fraction of sp³-hybridized carbons (Fsp3) is 0.250. The van der Waals surface area contributed by atoms with Gasteiger partial charge < -0.3 is 14.2 Å². The fourth-order valence-corrected chi connectivity index (χ4v) is 1.82. The molecule has 0 aliphatic rings. The van der Waals surface area contributed by atoms with Crippen LogP contribution in [0.2, 0.25) is 0 Å². The van der Waals surface area contributed by atoms with Gasteiger partial charge in [-0.05, 0) is 30.3 Å². The molecule has 0 bridgehead atoms. The number of hydrogen-bond donors (Lipinski definition) is 0. The minimum atomic E-state index is -0.754. The summed E-state index contributed by atoms with van der Waals surface area (Å²) >= 11 is 0. The largest absolute Gasteiger partial charge is 0.497 e. The molecule has 0 saturated carbocycles. The Kier molecular flexibility index (Phi) is 5.74. The van der Waals surface area contributed by atoms with Gasteiger partial charge in [0.25, 0.3) is 5.69 Å². The average Bonchev–Trinajstić information content (AvgIpc) is 2.56. The number of non-ortho nitro benzene ring substituents is 1. The van der Waals surface area contributed by atoms with Crippen LogP contribution in [0, 0.1) is 15.9 Å². The number of nitro benzene ring substituents is 1. The molecule has 2 rings (SSSR count). The molecule has 2 aromatic rings. The first-order valence-electron chi connectivity index (χ1n) is 6.94. The zero-order chi connectivity index (χ0) is 16.7. The van der Waals surface area contributed by atoms with Gasteiger partial charge >= 0.3 is 0 Å². The normalized spacial score (nSPS) is 10.2. The number of rotatable bonds is 8. The summed E-state index contributed by atoms with van der Waals surface area (Å²) < 4.78 is 29.4. The van der Waals surface area contributed by atoms with Crippen LogP contribution in [0.3, 0.4) is 0 Å². The quantitative estimate of drug-likeness (QED) is 0.422. The maximum absolute atomic E-state index is 13.6. The van der Waals surface area contributed by atoms with Gasteiger partial charge in [-0.3, -0.25) is 10.1 Å². The maximum Gasteiger partial charge on any atom is 0.272 e. The Labute approximate surface area is 132 Å². The number of halogens is 1. The molecule has 0 spiro atoms. The predicted octanol–water partition coefficient (Wildman–Crippen LogP) is 3.59. The summed E-state index contributed by atoms with van der Waals surface area (Å²) in [6, 6.07) is 10.4. The Hall–Kier alpha value is -2.83. The molecule has 0 unspecified atom stereocenters. The number of nitrogens with zero attached hydrogens (tertiary/aromatic N) is 1. The van der Waals surface area contributed by atoms with E-state index in [1.165, 1.54) is 12.1 Å². The SMILES string of the molecule is COc1ccc(OCCCOc2ccc([N+](=O)[O-])cc2F)cc1. The summed E-state index contributed by atoms with van der Waals surface area (Å²) in [7, 11) is 1.59. The summed E-state index contributed by atoms with van der Waals surface area (Å²) in [5.41, 5.74) is -0.308. The molecule has 0 amide bonds. The topological polar surface area (TPSA) is 70.8 Å². The van der Waals surface area contributed by atoms with Crippen LogP contribution >= 0.6 is 0 Å². The molecule has 0 aliphatic carbocycles. The molecule has 122 valence electrons. The number of ether oxygens (including phenoxy) is 3. The van der Waals surface area contributed by atoms with Gasteiger partial charge in [-0.1, -0.05) is 0 Å². The fourth-order valence-electron chi connectivity index (χ4n) is 1.82. The highest BCUT2D eigenvalue weighted by molar-refractivity contribution is 5.37. The van der Waals surface area contributed by atoms with Crippen molar-refractivity contribution < 1.29 is 23.5 Å². The lowest BCUT2D eigenvalue weighted by molar-refractivity contribution is -0.385. The zero-order valence-electron chi connectivity index (χ0n) is 12.5. The molecule has 2 aromatic carbocycles. The third kappa shape index (κ3) is 4.84. The Morgan fingerprint density at radius 3 is 2.30 bits per heavy atom. The van der Waals surface area contributed by atoms with Crippen molar-refractivity contribution in [3.63, 3.8) is 0 Å². The van der Waals surface area contributed by atoms with Crippen LogP contribution in [0.25, 0.3) is 0 Å². The molecule has 6 nitrogen and oxygen atoms in total. The lowest BCUT2D eigenvalue weighted by atomic mass is 10.3. The first kappa shape index (κ1) is 16.5. The highest BCUT2D eigenvalue weighted by Crippen LogP contribution is 2.22. The molecule has 0 aromatic heterocycles. The molecular formula is C16H16FNO5. The molecular weight excluding hydrogens is 305 g/mol. The first-order chi connectivity index (χ1) is 11.1. The molecule has 0 fully saturated rings. The van der Waals surface area contributed by atoms with E-state index >= 15 is 0 Å². The molecule has 0 aliphatic heterocycles. The Morgan fingerprint density at radius 2 is 1.70 bits per heavy atom. The van der Waals surface area contributed by atoms with Gasteiger partial charge in [0, 0.05) is 12.5 Å². The van der Waals surface area contributed by atoms with Gasteiger partial charge in [-0.15, -0.1) is 0 Å². The molecule has 0 heterocycles. The second-order valence-corrected chi connectivity index (χ2v) is 4.60. The van der Waals surface area contributed by atoms with E-state index < -0.39 is 10.7 Å². The minimum absolute atomic E-state index is 0.0138. The van der Waals surface area contributed by atoms with E-state index in [1.54, 1.807) is 31.4 Å². The van der Waals surface area contributed by atoms with Crippen LogP contribution in [0.1, 0.15) is 6.42 Å². The molecule has 23 heavy (non-hydrogen) atoms. The molecule has 0 saturated heterocycles. The van der Waals surface area contributed by atoms with E-state index in [0.29, 0.717) is 18.8 Å². The van der Waals surface area contributed by atoms with Crippen LogP contribution in [-0.4, -0.2) is 25.2 Å². The van der Waals surface area contributed by atoms with Gasteiger partial charge in [-0.2, -0.15) is 0 Å². The monoisotopic (exact) mass is 321 g/mol. The van der Waals surface area contributed by atoms with Crippen molar-refractivity contribution in [1.29, 1.82) is 0 Å². The van der Waals surface area contributed by atoms with Crippen LogP contribution in [0.15, 0.2) is 42.5 Å². The molecule has 0 atom stereocenters. The standard InChI is InChI=1S/C16H16FNO5/c1-21-13-4-6-14(7-5-13)22-9-2-10-23-16-8-3-12(18(19)20)11-15(16)17/h3-8,11H,2,9-10H2,1H3. The van der Waals surface area contributed by atoms with Gasteiger partial charge in [0.05, 0.1) is 31.3 Å². The lowest BCUT2D eigenvalue weighted by Crippen LogP contribution is -2.06. The second kappa shape index (κ2) is 7.98. The van der Waals surface area contributed by atoms with Crippen molar-refractivity contribution in [2.24, 2.45) is 0 Å². The summed E-state index contributed by atoms with van der Waals surface area (Å²) in [5, 5.41) is 10.5. The first-order valence-corrected chi connectivity index (χ1v) is 6.94. The highest BCUT2D eigenvalue weighted by atomic mass is 19.1. The molecule has 7 heteroatoms. The van der Waals surface area contributed by atoms with Crippen molar-refractivity contribution >= 4 is 5.69 Å². The van der Waals surface area contributed by atoms with Crippen LogP contribution in [0.4, 0.5) is 10.1 Å². The highest BCUT2D eigenvalue weighted by Gasteiger charge is 2.11. The van der Waals surface area contributed by atoms with E-state index in [1.807, 2.05) is 0 Å². The van der Waals surface area contributed by atoms with E-state index in [-0.39, 0.29) is 18.0 Å². The van der Waals surface area contributed by atoms with Gasteiger partial charge in [0.15, 0.2) is 11.6 Å². The summed E-state index contributed by atoms with van der Waals surface area (Å²) in [6.07, 6.45) is 0.544. The van der Waals surface area contributed by atoms with Gasteiger partial charge in [0.2, 0.25) is 0 Å². The Bertz CT molecular complexity index is 660. The van der Waals surface area contributed by atoms with Crippen LogP contribution < -0.4 is 14.2 Å². The summed E-state index contributed by atoms with van der Waals surface area (Å²) in [5.74, 6) is 0.678. The van der Waals surface area contributed by atoms with E-state index in [0.717, 1.165) is 11.8 Å². The number of hydrogen-bond acceptors (Lipinski definition) is 5. The number of methoxy groups -OCH3 is 1. The predicted molar refractivity (Wildman–Crippen MR) is 81.7 cm³/mol. The molecule has 0 radical (unpaired) electrons. The van der Waals surface area contributed by atoms with Crippen LogP contribution in [0.5, 0.6) is 17.2 Å². The third-order valence-corrected chi connectivity index (χ3v) is 3.00. The molecule has 0 N–H and O–H groups in total. The minimum Gasteiger partial charge on any atom is -0.497 e. The van der Waals surface area contributed by atoms with E-state index in [9.17, 15) is 14.5 Å². The van der Waals surface area contributed by atoms with E-state index in [4.69, 9.17) is 14.2 Å². The second-order valence-electron chi connectivity index (χ2n) is 4.60. The average molecular weight is 321 g/mol. The lowest BCUT2D eigenvalue weighted by Gasteiger charge is -2.09. The number of benzene rings is 2. The smallest absolute Gasteiger partial charge is 0.272 e. The summed E-state index contributed by atoms with van der Waals surface area (Å²) in [4.78, 5) is 9.86. The van der Waals surface area contributed by atoms with Crippen LogP contribution in [-0.2, 0) is 0 Å². The van der Waals surface area contributed by atoms with Crippen molar-refractivity contribution in [1.82, 2.24) is 0 Å². The van der Waals surface area contributed by atoms with Gasteiger partial charge in [0.1, 0.15) is 11.5 Å². The Balaban J connectivity index is 1.73. The van der Waals surface area contributed by atoms with E-state index in [2.05, 4.69) is 0 Å². The zero-order valence-corrected chi connectivity index (χ0v) is 12.5. The van der Waals surface area contributed by atoms with Crippen molar-refractivity contribution in [2.75, 3.05) is 20.3 Å². The number of nitro groups is 1. The third-order valence-electron chi connectivity index (χ3n) is 3.00. The van der Waals surface area contributed by atoms with Crippen molar-refractivity contribution in [3.05, 3.63) is 58.4 Å². The van der Waals surface area contributed by atoms with Gasteiger partial charge in [-0.25, -0.2) is 4.39 Å². The summed E-state index contributed by atoms with van der Waals surface area (Å²) in [6.45, 7) is 0.645. The van der Waals surface area contributed by atoms with Crippen molar-refractivity contribution in [3.8, 4) is 17.2 Å².